The second kappa shape index (κ2) is 5.57. The van der Waals surface area contributed by atoms with Crippen LogP contribution in [0.2, 0.25) is 0 Å². The van der Waals surface area contributed by atoms with E-state index in [1.807, 2.05) is 0 Å². The van der Waals surface area contributed by atoms with Crippen molar-refractivity contribution in [2.45, 2.75) is 10.2 Å². The SMILES string of the molecule is CNc1ncnc(Sc2nc(N)cc(=O)[nH]2)c1OC. The third kappa shape index (κ3) is 2.94. The van der Waals surface area contributed by atoms with Gasteiger partial charge in [-0.3, -0.25) is 4.79 Å². The van der Waals surface area contributed by atoms with E-state index in [0.717, 1.165) is 11.8 Å². The Morgan fingerprint density at radius 3 is 2.89 bits per heavy atom. The van der Waals surface area contributed by atoms with Gasteiger partial charge in [0.1, 0.15) is 12.1 Å². The lowest BCUT2D eigenvalue weighted by Gasteiger charge is -2.10. The van der Waals surface area contributed by atoms with Crippen molar-refractivity contribution in [3.8, 4) is 5.75 Å². The van der Waals surface area contributed by atoms with Crippen molar-refractivity contribution in [1.29, 1.82) is 0 Å². The minimum absolute atomic E-state index is 0.146. The maximum atomic E-state index is 11.3. The van der Waals surface area contributed by atoms with Crippen LogP contribution in [0.25, 0.3) is 0 Å². The van der Waals surface area contributed by atoms with Crippen LogP contribution in [-0.4, -0.2) is 34.1 Å². The number of nitrogens with one attached hydrogen (secondary N) is 2. The van der Waals surface area contributed by atoms with Crippen LogP contribution in [0.1, 0.15) is 0 Å². The van der Waals surface area contributed by atoms with Gasteiger partial charge in [-0.25, -0.2) is 15.0 Å². The minimum Gasteiger partial charge on any atom is -0.490 e. The molecule has 0 aliphatic heterocycles. The second-order valence-electron chi connectivity index (χ2n) is 3.39. The highest BCUT2D eigenvalue weighted by atomic mass is 32.2. The zero-order valence-electron chi connectivity index (χ0n) is 10.3. The van der Waals surface area contributed by atoms with Gasteiger partial charge in [0, 0.05) is 13.1 Å². The molecule has 2 aromatic heterocycles. The van der Waals surface area contributed by atoms with Crippen molar-refractivity contribution in [3.05, 3.63) is 22.7 Å². The molecule has 0 atom stereocenters. The summed E-state index contributed by atoms with van der Waals surface area (Å²) in [5.74, 6) is 1.17. The number of ether oxygens (including phenoxy) is 1. The van der Waals surface area contributed by atoms with Crippen LogP contribution in [0.4, 0.5) is 11.6 Å². The molecule has 0 saturated carbocycles. The summed E-state index contributed by atoms with van der Waals surface area (Å²) >= 11 is 1.13. The van der Waals surface area contributed by atoms with E-state index in [2.05, 4.69) is 25.3 Å². The molecule has 0 spiro atoms. The van der Waals surface area contributed by atoms with E-state index in [4.69, 9.17) is 10.5 Å². The van der Waals surface area contributed by atoms with E-state index in [-0.39, 0.29) is 11.4 Å². The number of nitrogens with two attached hydrogens (primary N) is 1. The zero-order chi connectivity index (χ0) is 13.8. The molecule has 0 fully saturated rings. The third-order valence-corrected chi connectivity index (χ3v) is 3.02. The van der Waals surface area contributed by atoms with E-state index in [1.54, 1.807) is 7.05 Å². The number of rotatable bonds is 4. The number of anilines is 2. The van der Waals surface area contributed by atoms with Gasteiger partial charge in [0.05, 0.1) is 7.11 Å². The quantitative estimate of drug-likeness (QED) is 0.542. The Hall–Kier alpha value is -2.29. The summed E-state index contributed by atoms with van der Waals surface area (Å²) in [6.07, 6.45) is 1.39. The molecule has 2 rings (SSSR count). The van der Waals surface area contributed by atoms with Gasteiger partial charge in [-0.15, -0.1) is 0 Å². The third-order valence-electron chi connectivity index (χ3n) is 2.15. The second-order valence-corrected chi connectivity index (χ2v) is 4.37. The van der Waals surface area contributed by atoms with Crippen molar-refractivity contribution in [1.82, 2.24) is 19.9 Å². The average Bonchev–Trinajstić information content (AvgIpc) is 2.37. The summed E-state index contributed by atoms with van der Waals surface area (Å²) in [4.78, 5) is 26.0. The first-order chi connectivity index (χ1) is 9.13. The monoisotopic (exact) mass is 280 g/mol. The summed E-state index contributed by atoms with van der Waals surface area (Å²) < 4.78 is 5.24. The number of methoxy groups -OCH3 is 1. The van der Waals surface area contributed by atoms with Crippen LogP contribution in [0.3, 0.4) is 0 Å². The Morgan fingerprint density at radius 2 is 2.26 bits per heavy atom. The standard InChI is InChI=1S/C10H12N6O2S/c1-12-8-7(18-2)9(14-4-13-8)19-10-15-5(11)3-6(17)16-10/h3-4H,1-2H3,(H,12,13,14)(H3,11,15,16,17). The zero-order valence-corrected chi connectivity index (χ0v) is 11.1. The Labute approximate surface area is 112 Å². The molecule has 0 unspecified atom stereocenters. The topological polar surface area (TPSA) is 119 Å². The average molecular weight is 280 g/mol. The number of aromatic nitrogens is 4. The van der Waals surface area contributed by atoms with Crippen LogP contribution in [-0.2, 0) is 0 Å². The van der Waals surface area contributed by atoms with Crippen molar-refractivity contribution in [2.24, 2.45) is 0 Å². The van der Waals surface area contributed by atoms with Crippen LogP contribution >= 0.6 is 11.8 Å². The molecule has 0 aromatic carbocycles. The van der Waals surface area contributed by atoms with Crippen molar-refractivity contribution >= 4 is 23.4 Å². The molecule has 2 heterocycles. The normalized spacial score (nSPS) is 10.2. The van der Waals surface area contributed by atoms with E-state index in [0.29, 0.717) is 21.7 Å². The summed E-state index contributed by atoms with van der Waals surface area (Å²) in [7, 11) is 3.24. The molecule has 100 valence electrons. The Balaban J connectivity index is 2.40. The predicted octanol–water partition coefficient (Wildman–Crippen LogP) is 0.344. The number of nitrogens with zero attached hydrogens (tertiary/aromatic N) is 3. The Morgan fingerprint density at radius 1 is 1.47 bits per heavy atom. The van der Waals surface area contributed by atoms with Crippen LogP contribution < -0.4 is 21.3 Å². The number of hydrogen-bond donors (Lipinski definition) is 3. The summed E-state index contributed by atoms with van der Waals surface area (Å²) in [5.41, 5.74) is 5.20. The highest BCUT2D eigenvalue weighted by molar-refractivity contribution is 7.99. The van der Waals surface area contributed by atoms with Gasteiger partial charge in [-0.1, -0.05) is 0 Å². The van der Waals surface area contributed by atoms with E-state index in [1.165, 1.54) is 19.5 Å². The minimum atomic E-state index is -0.322. The fourth-order valence-corrected chi connectivity index (χ4v) is 2.24. The molecule has 0 saturated heterocycles. The van der Waals surface area contributed by atoms with Gasteiger partial charge in [0.2, 0.25) is 0 Å². The summed E-state index contributed by atoms with van der Waals surface area (Å²) in [6, 6.07) is 1.21. The Kier molecular flexibility index (Phi) is 3.85. The first-order valence-corrected chi connectivity index (χ1v) is 6.07. The molecule has 9 heteroatoms. The highest BCUT2D eigenvalue weighted by Crippen LogP contribution is 2.34. The first-order valence-electron chi connectivity index (χ1n) is 5.25. The lowest BCUT2D eigenvalue weighted by Crippen LogP contribution is -2.09. The molecule has 19 heavy (non-hydrogen) atoms. The summed E-state index contributed by atoms with van der Waals surface area (Å²) in [5, 5.41) is 3.75. The molecule has 2 aromatic rings. The number of hydrogen-bond acceptors (Lipinski definition) is 8. The van der Waals surface area contributed by atoms with Crippen LogP contribution in [0.15, 0.2) is 27.4 Å². The predicted molar refractivity (Wildman–Crippen MR) is 71.5 cm³/mol. The molecular weight excluding hydrogens is 268 g/mol. The molecule has 0 amide bonds. The van der Waals surface area contributed by atoms with E-state index in [9.17, 15) is 4.79 Å². The van der Waals surface area contributed by atoms with Gasteiger partial charge in [0.15, 0.2) is 21.7 Å². The van der Waals surface area contributed by atoms with Crippen molar-refractivity contribution in [3.63, 3.8) is 0 Å². The molecule has 0 aliphatic carbocycles. The highest BCUT2D eigenvalue weighted by Gasteiger charge is 2.13. The van der Waals surface area contributed by atoms with E-state index >= 15 is 0 Å². The molecule has 8 nitrogen and oxygen atoms in total. The van der Waals surface area contributed by atoms with Crippen LogP contribution in [0, 0.1) is 0 Å². The molecule has 0 radical (unpaired) electrons. The number of aromatic amines is 1. The van der Waals surface area contributed by atoms with E-state index < -0.39 is 0 Å². The van der Waals surface area contributed by atoms with Gasteiger partial charge in [0.25, 0.3) is 5.56 Å². The van der Waals surface area contributed by atoms with Gasteiger partial charge in [-0.2, -0.15) is 0 Å². The van der Waals surface area contributed by atoms with Crippen LogP contribution in [0.5, 0.6) is 5.75 Å². The maximum Gasteiger partial charge on any atom is 0.253 e. The lowest BCUT2D eigenvalue weighted by molar-refractivity contribution is 0.400. The fraction of sp³-hybridized carbons (Fsp3) is 0.200. The molecular formula is C10H12N6O2S. The maximum absolute atomic E-state index is 11.3. The van der Waals surface area contributed by atoms with Crippen molar-refractivity contribution < 1.29 is 4.74 Å². The van der Waals surface area contributed by atoms with Gasteiger partial charge >= 0.3 is 0 Å². The fourth-order valence-electron chi connectivity index (χ4n) is 1.39. The Bertz CT molecular complexity index is 644. The lowest BCUT2D eigenvalue weighted by atomic mass is 10.5. The largest absolute Gasteiger partial charge is 0.490 e. The molecule has 0 bridgehead atoms. The molecule has 4 N–H and O–H groups in total. The van der Waals surface area contributed by atoms with Gasteiger partial charge < -0.3 is 20.8 Å². The van der Waals surface area contributed by atoms with Gasteiger partial charge in [-0.05, 0) is 11.8 Å². The number of H-pyrrole nitrogens is 1. The van der Waals surface area contributed by atoms with Crippen molar-refractivity contribution in [2.75, 3.05) is 25.2 Å². The molecule has 0 aliphatic rings. The smallest absolute Gasteiger partial charge is 0.253 e. The number of nitrogen functional groups attached to an aromatic ring is 1. The first kappa shape index (κ1) is 13.1. The summed E-state index contributed by atoms with van der Waals surface area (Å²) in [6.45, 7) is 0.